The van der Waals surface area contributed by atoms with Gasteiger partial charge in [-0.1, -0.05) is 52.4 Å². The second-order valence-corrected chi connectivity index (χ2v) is 10.7. The number of hydrogen-bond donors (Lipinski definition) is 0. The Balaban J connectivity index is 1.59. The van der Waals surface area contributed by atoms with E-state index in [1.165, 1.54) is 44.1 Å². The van der Waals surface area contributed by atoms with Crippen molar-refractivity contribution in [2.75, 3.05) is 0 Å². The number of aryl methyl sites for hydroxylation is 1. The van der Waals surface area contributed by atoms with Gasteiger partial charge in [0.2, 0.25) is 0 Å². The molecule has 0 amide bonds. The van der Waals surface area contributed by atoms with Crippen LogP contribution in [0.15, 0.2) is 100 Å². The predicted molar refractivity (Wildman–Crippen MR) is 163 cm³/mol. The first-order chi connectivity index (χ1) is 20.8. The highest BCUT2D eigenvalue weighted by Crippen LogP contribution is 2.52. The Bertz CT molecular complexity index is 1620. The zero-order chi connectivity index (χ0) is 28.7. The Hall–Kier alpha value is -4.32. The Kier molecular flexibility index (Phi) is 8.69. The van der Waals surface area contributed by atoms with Crippen molar-refractivity contribution in [3.05, 3.63) is 84.9 Å². The molecule has 6 heteroatoms. The molecule has 0 aliphatic heterocycles. The van der Waals surface area contributed by atoms with Gasteiger partial charge in [0.15, 0.2) is 23.0 Å². The van der Waals surface area contributed by atoms with Crippen molar-refractivity contribution >= 4 is 0 Å². The van der Waals surface area contributed by atoms with Crippen LogP contribution in [0.4, 0.5) is 0 Å². The average molecular weight is 567 g/mol. The lowest BCUT2D eigenvalue weighted by atomic mass is 9.95. The van der Waals surface area contributed by atoms with Crippen LogP contribution >= 0.6 is 0 Å². The lowest BCUT2D eigenvalue weighted by molar-refractivity contribution is 0.474. The maximum atomic E-state index is 6.88. The molecule has 42 heavy (non-hydrogen) atoms. The van der Waals surface area contributed by atoms with Crippen LogP contribution in [0, 0.1) is 0 Å². The molecule has 0 saturated carbocycles. The summed E-state index contributed by atoms with van der Waals surface area (Å²) in [6.45, 7) is 4.48. The van der Waals surface area contributed by atoms with Gasteiger partial charge in [-0.05, 0) is 67.8 Å². The zero-order valence-electron chi connectivity index (χ0n) is 24.4. The molecule has 0 atom stereocenters. The van der Waals surface area contributed by atoms with Gasteiger partial charge < -0.3 is 26.5 Å². The minimum Gasteiger partial charge on any atom is -0.464 e. The van der Waals surface area contributed by atoms with Gasteiger partial charge in [0.25, 0.3) is 0 Å². The van der Waals surface area contributed by atoms with Crippen LogP contribution in [0.2, 0.25) is 0 Å². The zero-order valence-corrected chi connectivity index (χ0v) is 24.4. The molecule has 0 radical (unpaired) electrons. The van der Waals surface area contributed by atoms with E-state index in [9.17, 15) is 0 Å². The van der Waals surface area contributed by atoms with Gasteiger partial charge in [-0.15, -0.1) is 0 Å². The topological polar surface area (TPSA) is 78.8 Å². The molecule has 6 heterocycles. The molecule has 0 aliphatic rings. The van der Waals surface area contributed by atoms with Crippen LogP contribution in [0.1, 0.15) is 76.5 Å². The lowest BCUT2D eigenvalue weighted by Gasteiger charge is -2.06. The van der Waals surface area contributed by atoms with Crippen LogP contribution in [-0.4, -0.2) is 0 Å². The van der Waals surface area contributed by atoms with Crippen molar-refractivity contribution in [1.82, 2.24) is 0 Å². The summed E-state index contributed by atoms with van der Waals surface area (Å²) in [7, 11) is 0. The van der Waals surface area contributed by atoms with Crippen molar-refractivity contribution in [3.8, 4) is 57.0 Å². The van der Waals surface area contributed by atoms with E-state index in [-0.39, 0.29) is 0 Å². The van der Waals surface area contributed by atoms with Crippen molar-refractivity contribution in [1.29, 1.82) is 0 Å². The van der Waals surface area contributed by atoms with Crippen molar-refractivity contribution in [3.63, 3.8) is 0 Å². The van der Waals surface area contributed by atoms with Crippen LogP contribution < -0.4 is 0 Å². The molecule has 0 fully saturated rings. The van der Waals surface area contributed by atoms with E-state index in [4.69, 9.17) is 26.5 Å². The third kappa shape index (κ3) is 5.58. The highest BCUT2D eigenvalue weighted by molar-refractivity contribution is 5.98. The summed E-state index contributed by atoms with van der Waals surface area (Å²) in [5, 5.41) is 0. The fourth-order valence-corrected chi connectivity index (χ4v) is 5.74. The molecule has 218 valence electrons. The molecule has 0 saturated heterocycles. The fraction of sp³-hybridized carbons (Fsp3) is 0.333. The highest BCUT2D eigenvalue weighted by Gasteiger charge is 2.34. The first kappa shape index (κ1) is 27.8. The molecule has 0 aromatic carbocycles. The molecular formula is C36H38O6. The maximum Gasteiger partial charge on any atom is 0.182 e. The standard InChI is InChI=1S/C36H38O6/c1-3-5-7-9-15-25-26(16-10-8-6-4-2)41-35(31(25)27-17-11-21-37-27)36-33(29-19-13-23-39-29)32(28-18-12-22-38-28)34(42-36)30-20-14-24-40-30/h11-14,17-24H,3-10,15-16H2,1-2H3. The van der Waals surface area contributed by atoms with E-state index in [2.05, 4.69) is 13.8 Å². The maximum absolute atomic E-state index is 6.88. The van der Waals surface area contributed by atoms with Crippen molar-refractivity contribution in [2.24, 2.45) is 0 Å². The number of furan rings is 6. The summed E-state index contributed by atoms with van der Waals surface area (Å²) >= 11 is 0. The number of hydrogen-bond acceptors (Lipinski definition) is 6. The Morgan fingerprint density at radius 3 is 1.45 bits per heavy atom. The molecular weight excluding hydrogens is 528 g/mol. The van der Waals surface area contributed by atoms with E-state index < -0.39 is 0 Å². The number of rotatable bonds is 15. The summed E-state index contributed by atoms with van der Waals surface area (Å²) in [5.41, 5.74) is 3.64. The molecule has 0 unspecified atom stereocenters. The van der Waals surface area contributed by atoms with E-state index >= 15 is 0 Å². The van der Waals surface area contributed by atoms with Crippen LogP contribution in [0.3, 0.4) is 0 Å². The lowest BCUT2D eigenvalue weighted by Crippen LogP contribution is -1.94. The monoisotopic (exact) mass is 566 g/mol. The van der Waals surface area contributed by atoms with Gasteiger partial charge in [0, 0.05) is 12.0 Å². The predicted octanol–water partition coefficient (Wildman–Crippen LogP) is 11.8. The molecule has 0 aliphatic carbocycles. The SMILES string of the molecule is CCCCCCc1oc(-c2oc(-c3ccco3)c(-c3ccco3)c2-c2ccco2)c(-c2ccco2)c1CCCCCC. The minimum atomic E-state index is 0.548. The van der Waals surface area contributed by atoms with Gasteiger partial charge in [0.1, 0.15) is 23.0 Å². The first-order valence-corrected chi connectivity index (χ1v) is 15.3. The second-order valence-electron chi connectivity index (χ2n) is 10.7. The molecule has 0 spiro atoms. The summed E-state index contributed by atoms with van der Waals surface area (Å²) in [5.74, 6) is 5.40. The quantitative estimate of drug-likeness (QED) is 0.115. The Labute approximate surface area is 246 Å². The molecule has 0 bridgehead atoms. The fourth-order valence-electron chi connectivity index (χ4n) is 5.74. The Morgan fingerprint density at radius 1 is 0.452 bits per heavy atom. The molecule has 6 nitrogen and oxygen atoms in total. The third-order valence-corrected chi connectivity index (χ3v) is 7.79. The molecule has 6 rings (SSSR count). The van der Waals surface area contributed by atoms with Crippen LogP contribution in [-0.2, 0) is 12.8 Å². The summed E-state index contributed by atoms with van der Waals surface area (Å²) < 4.78 is 37.5. The largest absolute Gasteiger partial charge is 0.464 e. The third-order valence-electron chi connectivity index (χ3n) is 7.79. The smallest absolute Gasteiger partial charge is 0.182 e. The van der Waals surface area contributed by atoms with Crippen molar-refractivity contribution < 1.29 is 26.5 Å². The van der Waals surface area contributed by atoms with Crippen molar-refractivity contribution in [2.45, 2.75) is 78.1 Å². The van der Waals surface area contributed by atoms with Gasteiger partial charge in [-0.3, -0.25) is 0 Å². The molecule has 0 N–H and O–H groups in total. The van der Waals surface area contributed by atoms with Crippen LogP contribution in [0.5, 0.6) is 0 Å². The first-order valence-electron chi connectivity index (χ1n) is 15.3. The summed E-state index contributed by atoms with van der Waals surface area (Å²) in [6.07, 6.45) is 17.8. The van der Waals surface area contributed by atoms with Gasteiger partial charge in [-0.25, -0.2) is 0 Å². The minimum absolute atomic E-state index is 0.548. The van der Waals surface area contributed by atoms with Gasteiger partial charge in [-0.2, -0.15) is 0 Å². The van der Waals surface area contributed by atoms with Gasteiger partial charge in [0.05, 0.1) is 41.7 Å². The highest BCUT2D eigenvalue weighted by atomic mass is 16.4. The molecule has 6 aromatic heterocycles. The van der Waals surface area contributed by atoms with E-state index in [1.807, 2.05) is 48.5 Å². The van der Waals surface area contributed by atoms with E-state index in [0.29, 0.717) is 34.6 Å². The summed E-state index contributed by atoms with van der Waals surface area (Å²) in [6, 6.07) is 15.2. The average Bonchev–Trinajstić information content (AvgIpc) is 3.83. The second kappa shape index (κ2) is 13.1. The van der Waals surface area contributed by atoms with E-state index in [0.717, 1.165) is 53.9 Å². The number of unbranched alkanes of at least 4 members (excludes halogenated alkanes) is 6. The Morgan fingerprint density at radius 2 is 0.929 bits per heavy atom. The summed E-state index contributed by atoms with van der Waals surface area (Å²) in [4.78, 5) is 0. The molecule has 6 aromatic rings. The van der Waals surface area contributed by atoms with Gasteiger partial charge >= 0.3 is 0 Å². The normalized spacial score (nSPS) is 11.6. The van der Waals surface area contributed by atoms with E-state index in [1.54, 1.807) is 25.1 Å². The van der Waals surface area contributed by atoms with Crippen LogP contribution in [0.25, 0.3) is 57.0 Å².